The van der Waals surface area contributed by atoms with Crippen molar-refractivity contribution in [2.75, 3.05) is 64.6 Å². The standard InChI is InChI=1S/C35H53N5O6/c1-25-22-40(26(2)24-41)34(43)30-21-29(37-35(44)36-28-14-8-7-9-15-28)17-18-31(30)46-27(3)13-10-11-20-45-32(25)23-39(6)33(42)16-12-19-38(4)5/h7-9,14-15,17-18,21,25-27,32,41H,10-13,16,19-20,22-24H2,1-6H3,(H2,36,37,44)/t25-,26-,27+,32+/m0/s1. The molecule has 3 N–H and O–H groups in total. The van der Waals surface area contributed by atoms with Gasteiger partial charge in [0, 0.05) is 50.5 Å². The number of anilines is 2. The topological polar surface area (TPSA) is 124 Å². The lowest BCUT2D eigenvalue weighted by Crippen LogP contribution is -2.48. The maximum absolute atomic E-state index is 14.3. The highest BCUT2D eigenvalue weighted by Gasteiger charge is 2.31. The second-order valence-corrected chi connectivity index (χ2v) is 12.6. The van der Waals surface area contributed by atoms with Crippen LogP contribution in [0, 0.1) is 5.92 Å². The number of fused-ring (bicyclic) bond motifs is 1. The fourth-order valence-corrected chi connectivity index (χ4v) is 5.39. The maximum Gasteiger partial charge on any atom is 0.323 e. The van der Waals surface area contributed by atoms with Crippen molar-refractivity contribution in [3.8, 4) is 5.75 Å². The first-order chi connectivity index (χ1) is 22.0. The molecule has 3 rings (SSSR count). The summed E-state index contributed by atoms with van der Waals surface area (Å²) in [6, 6.07) is 13.2. The van der Waals surface area contributed by atoms with Crippen LogP contribution in [0.5, 0.6) is 5.75 Å². The minimum absolute atomic E-state index is 0.0601. The highest BCUT2D eigenvalue weighted by atomic mass is 16.5. The molecule has 2 aromatic carbocycles. The summed E-state index contributed by atoms with van der Waals surface area (Å²) in [7, 11) is 5.78. The summed E-state index contributed by atoms with van der Waals surface area (Å²) in [5.41, 5.74) is 1.36. The third kappa shape index (κ3) is 11.6. The number of nitrogens with one attached hydrogen (secondary N) is 2. The van der Waals surface area contributed by atoms with Gasteiger partial charge in [-0.25, -0.2) is 4.79 Å². The summed E-state index contributed by atoms with van der Waals surface area (Å²) in [6.45, 7) is 7.59. The van der Waals surface area contributed by atoms with Gasteiger partial charge in [-0.1, -0.05) is 25.1 Å². The molecule has 4 atom stereocenters. The minimum Gasteiger partial charge on any atom is -0.490 e. The van der Waals surface area contributed by atoms with E-state index in [0.717, 1.165) is 32.2 Å². The Morgan fingerprint density at radius 1 is 1.04 bits per heavy atom. The van der Waals surface area contributed by atoms with Crippen molar-refractivity contribution in [2.24, 2.45) is 5.92 Å². The van der Waals surface area contributed by atoms with Gasteiger partial charge in [-0.05, 0) is 90.5 Å². The van der Waals surface area contributed by atoms with Crippen molar-refractivity contribution >= 4 is 29.2 Å². The van der Waals surface area contributed by atoms with E-state index < -0.39 is 12.1 Å². The molecular weight excluding hydrogens is 586 g/mol. The van der Waals surface area contributed by atoms with E-state index in [9.17, 15) is 19.5 Å². The number of hydrogen-bond acceptors (Lipinski definition) is 7. The Labute approximate surface area is 274 Å². The van der Waals surface area contributed by atoms with Gasteiger partial charge in [-0.15, -0.1) is 0 Å². The average molecular weight is 640 g/mol. The largest absolute Gasteiger partial charge is 0.490 e. The molecule has 2 aromatic rings. The number of para-hydroxylation sites is 1. The molecule has 1 heterocycles. The first-order valence-electron chi connectivity index (χ1n) is 16.3. The summed E-state index contributed by atoms with van der Waals surface area (Å²) < 4.78 is 12.7. The van der Waals surface area contributed by atoms with E-state index >= 15 is 0 Å². The van der Waals surface area contributed by atoms with Crippen molar-refractivity contribution in [3.05, 3.63) is 54.1 Å². The fraction of sp³-hybridized carbons (Fsp3) is 0.571. The molecule has 0 saturated heterocycles. The van der Waals surface area contributed by atoms with Gasteiger partial charge < -0.3 is 39.9 Å². The Morgan fingerprint density at radius 2 is 1.76 bits per heavy atom. The third-order valence-corrected chi connectivity index (χ3v) is 8.22. The van der Waals surface area contributed by atoms with E-state index in [2.05, 4.69) is 15.5 Å². The normalized spacial score (nSPS) is 20.2. The van der Waals surface area contributed by atoms with E-state index in [4.69, 9.17) is 9.47 Å². The number of urea groups is 1. The van der Waals surface area contributed by atoms with Gasteiger partial charge in [0.15, 0.2) is 0 Å². The van der Waals surface area contributed by atoms with Crippen molar-refractivity contribution in [3.63, 3.8) is 0 Å². The Kier molecular flexibility index (Phi) is 14.8. The zero-order valence-electron chi connectivity index (χ0n) is 28.3. The number of ether oxygens (including phenoxy) is 2. The maximum atomic E-state index is 14.3. The molecule has 0 radical (unpaired) electrons. The molecule has 0 aliphatic carbocycles. The molecule has 46 heavy (non-hydrogen) atoms. The van der Waals surface area contributed by atoms with Crippen molar-refractivity contribution < 1.29 is 29.0 Å². The Balaban J connectivity index is 1.87. The van der Waals surface area contributed by atoms with Crippen LogP contribution in [0.2, 0.25) is 0 Å². The SMILES string of the molecule is C[C@@H]1CCCCO[C@H](CN(C)C(=O)CCCN(C)C)[C@@H](C)CN([C@@H](C)CO)C(=O)c2cc(NC(=O)Nc3ccccc3)ccc2O1. The molecule has 1 aliphatic heterocycles. The molecule has 0 unspecified atom stereocenters. The summed E-state index contributed by atoms with van der Waals surface area (Å²) in [5, 5.41) is 15.8. The van der Waals surface area contributed by atoms with E-state index in [-0.39, 0.29) is 43.1 Å². The Morgan fingerprint density at radius 3 is 2.46 bits per heavy atom. The van der Waals surface area contributed by atoms with Crippen molar-refractivity contribution in [1.29, 1.82) is 0 Å². The van der Waals surface area contributed by atoms with E-state index in [0.29, 0.717) is 42.3 Å². The van der Waals surface area contributed by atoms with Crippen LogP contribution in [0.4, 0.5) is 16.2 Å². The molecule has 0 fully saturated rings. The van der Waals surface area contributed by atoms with Crippen LogP contribution in [0.15, 0.2) is 48.5 Å². The fourth-order valence-electron chi connectivity index (χ4n) is 5.39. The highest BCUT2D eigenvalue weighted by Crippen LogP contribution is 2.28. The second kappa shape index (κ2) is 18.5. The van der Waals surface area contributed by atoms with Gasteiger partial charge in [0.2, 0.25) is 5.91 Å². The van der Waals surface area contributed by atoms with Crippen LogP contribution < -0.4 is 15.4 Å². The van der Waals surface area contributed by atoms with Gasteiger partial charge in [0.25, 0.3) is 5.91 Å². The number of hydrogen-bond donors (Lipinski definition) is 3. The predicted octanol–water partition coefficient (Wildman–Crippen LogP) is 4.93. The van der Waals surface area contributed by atoms with Gasteiger partial charge in [0.05, 0.1) is 30.4 Å². The molecule has 1 aliphatic rings. The zero-order chi connectivity index (χ0) is 33.6. The van der Waals surface area contributed by atoms with Gasteiger partial charge in [-0.2, -0.15) is 0 Å². The van der Waals surface area contributed by atoms with E-state index in [1.54, 1.807) is 54.1 Å². The van der Waals surface area contributed by atoms with Crippen LogP contribution in [0.1, 0.15) is 63.2 Å². The van der Waals surface area contributed by atoms with Gasteiger partial charge in [-0.3, -0.25) is 9.59 Å². The Hall–Kier alpha value is -3.67. The summed E-state index contributed by atoms with van der Waals surface area (Å²) in [4.78, 5) is 45.4. The number of aliphatic hydroxyl groups is 1. The number of aliphatic hydroxyl groups excluding tert-OH is 1. The molecule has 0 bridgehead atoms. The Bertz CT molecular complexity index is 1260. The molecule has 4 amide bonds. The molecular formula is C35H53N5O6. The number of benzene rings is 2. The molecule has 0 saturated carbocycles. The summed E-state index contributed by atoms with van der Waals surface area (Å²) >= 11 is 0. The minimum atomic E-state index is -0.503. The van der Waals surface area contributed by atoms with Gasteiger partial charge in [0.1, 0.15) is 5.75 Å². The smallest absolute Gasteiger partial charge is 0.323 e. The summed E-state index contributed by atoms with van der Waals surface area (Å²) in [6.07, 6.45) is 3.22. The lowest BCUT2D eigenvalue weighted by atomic mass is 10.0. The van der Waals surface area contributed by atoms with Crippen LogP contribution in [-0.4, -0.2) is 110 Å². The van der Waals surface area contributed by atoms with Crippen LogP contribution in [0.3, 0.4) is 0 Å². The predicted molar refractivity (Wildman–Crippen MR) is 181 cm³/mol. The van der Waals surface area contributed by atoms with E-state index in [1.165, 1.54) is 0 Å². The third-order valence-electron chi connectivity index (χ3n) is 8.22. The number of carbonyl (C=O) groups excluding carboxylic acids is 3. The number of nitrogens with zero attached hydrogens (tertiary/aromatic N) is 3. The summed E-state index contributed by atoms with van der Waals surface area (Å²) in [5.74, 6) is -0.00187. The first-order valence-corrected chi connectivity index (χ1v) is 16.3. The number of carbonyl (C=O) groups is 3. The number of likely N-dealkylation sites (N-methyl/N-ethyl adjacent to an activating group) is 1. The lowest BCUT2D eigenvalue weighted by molar-refractivity contribution is -0.132. The molecule has 254 valence electrons. The van der Waals surface area contributed by atoms with Crippen LogP contribution in [-0.2, 0) is 9.53 Å². The van der Waals surface area contributed by atoms with Crippen LogP contribution in [0.25, 0.3) is 0 Å². The molecule has 0 spiro atoms. The average Bonchev–Trinajstić information content (AvgIpc) is 3.02. The van der Waals surface area contributed by atoms with E-state index in [1.807, 2.05) is 46.1 Å². The molecule has 11 heteroatoms. The zero-order valence-corrected chi connectivity index (χ0v) is 28.3. The van der Waals surface area contributed by atoms with Crippen molar-refractivity contribution in [2.45, 2.75) is 71.1 Å². The van der Waals surface area contributed by atoms with Crippen LogP contribution >= 0.6 is 0 Å². The lowest BCUT2D eigenvalue weighted by Gasteiger charge is -2.36. The number of rotatable bonds is 10. The quantitative estimate of drug-likeness (QED) is 0.337. The molecule has 11 nitrogen and oxygen atoms in total. The highest BCUT2D eigenvalue weighted by molar-refractivity contribution is 6.02. The monoisotopic (exact) mass is 639 g/mol. The second-order valence-electron chi connectivity index (χ2n) is 12.6. The first kappa shape index (κ1) is 36.8. The number of amides is 4. The molecule has 0 aromatic heterocycles. The van der Waals surface area contributed by atoms with Crippen molar-refractivity contribution in [1.82, 2.24) is 14.7 Å². The van der Waals surface area contributed by atoms with Gasteiger partial charge >= 0.3 is 6.03 Å².